The number of nitrogens with one attached hydrogen (secondary N) is 1. The molecule has 1 aromatic heterocycles. The van der Waals surface area contributed by atoms with E-state index in [1.54, 1.807) is 6.08 Å². The minimum atomic E-state index is -0.290. The Morgan fingerprint density at radius 3 is 2.58 bits per heavy atom. The summed E-state index contributed by atoms with van der Waals surface area (Å²) >= 11 is 0. The second kappa shape index (κ2) is 7.28. The van der Waals surface area contributed by atoms with Crippen molar-refractivity contribution in [2.75, 3.05) is 0 Å². The molecule has 26 heavy (non-hydrogen) atoms. The van der Waals surface area contributed by atoms with Crippen LogP contribution in [-0.4, -0.2) is 16.9 Å². The van der Waals surface area contributed by atoms with Crippen molar-refractivity contribution >= 4 is 22.8 Å². The lowest BCUT2D eigenvalue weighted by Gasteiger charge is -2.12. The molecule has 0 amide bonds. The molecule has 0 bridgehead atoms. The fraction of sp³-hybridized carbons (Fsp3) is 0.182. The lowest BCUT2D eigenvalue weighted by atomic mass is 9.99. The third-order valence-electron chi connectivity index (χ3n) is 4.07. The number of aryl methyl sites for hydroxylation is 1. The van der Waals surface area contributed by atoms with E-state index >= 15 is 0 Å². The molecule has 130 valence electrons. The molecule has 2 aromatic carbocycles. The van der Waals surface area contributed by atoms with Gasteiger partial charge in [-0.3, -0.25) is 4.79 Å². The predicted octanol–water partition coefficient (Wildman–Crippen LogP) is 5.05. The summed E-state index contributed by atoms with van der Waals surface area (Å²) in [5.41, 5.74) is 2.97. The zero-order chi connectivity index (χ0) is 18.7. The number of ether oxygens (including phenoxy) is 1. The molecular formula is C22H20N2O2. The van der Waals surface area contributed by atoms with Crippen LogP contribution in [0.4, 0.5) is 0 Å². The average Bonchev–Trinajstić information content (AvgIpc) is 2.95. The van der Waals surface area contributed by atoms with Crippen molar-refractivity contribution in [2.45, 2.75) is 26.9 Å². The van der Waals surface area contributed by atoms with Crippen LogP contribution >= 0.6 is 0 Å². The van der Waals surface area contributed by atoms with Gasteiger partial charge in [-0.25, -0.2) is 0 Å². The van der Waals surface area contributed by atoms with E-state index in [1.807, 2.05) is 69.3 Å². The van der Waals surface area contributed by atoms with E-state index in [0.717, 1.165) is 16.6 Å². The normalized spacial score (nSPS) is 11.6. The van der Waals surface area contributed by atoms with Crippen molar-refractivity contribution in [2.24, 2.45) is 0 Å². The molecule has 0 spiro atoms. The van der Waals surface area contributed by atoms with E-state index in [2.05, 4.69) is 11.1 Å². The van der Waals surface area contributed by atoms with Crippen molar-refractivity contribution < 1.29 is 9.53 Å². The Morgan fingerprint density at radius 2 is 1.85 bits per heavy atom. The number of aromatic nitrogens is 1. The standard InChI is InChI=1S/C22H20N2O2/c1-14(2)26-20-11-7-4-8-16(20)12-17(13-23)22(25)21-15(3)24-19-10-6-5-9-18(19)21/h4-12,14,24H,1-3H3/b17-12+. The van der Waals surface area contributed by atoms with E-state index in [4.69, 9.17) is 4.74 Å². The monoisotopic (exact) mass is 344 g/mol. The van der Waals surface area contributed by atoms with E-state index < -0.39 is 0 Å². The van der Waals surface area contributed by atoms with Crippen molar-refractivity contribution in [1.82, 2.24) is 4.98 Å². The third kappa shape index (κ3) is 3.38. The summed E-state index contributed by atoms with van der Waals surface area (Å²) in [6.45, 7) is 5.72. The smallest absolute Gasteiger partial charge is 0.205 e. The van der Waals surface area contributed by atoms with Gasteiger partial charge in [0.1, 0.15) is 17.4 Å². The van der Waals surface area contributed by atoms with Gasteiger partial charge in [0.25, 0.3) is 0 Å². The number of hydrogen-bond donors (Lipinski definition) is 1. The van der Waals surface area contributed by atoms with Gasteiger partial charge in [0.15, 0.2) is 0 Å². The number of Topliss-reactive ketones (excluding diaryl/α,β-unsaturated/α-hetero) is 1. The van der Waals surface area contributed by atoms with Crippen LogP contribution in [0.3, 0.4) is 0 Å². The largest absolute Gasteiger partial charge is 0.490 e. The van der Waals surface area contributed by atoms with Gasteiger partial charge in [0.05, 0.1) is 11.7 Å². The number of H-pyrrole nitrogens is 1. The minimum absolute atomic E-state index is 0.00153. The summed E-state index contributed by atoms with van der Waals surface area (Å²) in [4.78, 5) is 16.3. The van der Waals surface area contributed by atoms with Crippen LogP contribution in [0.5, 0.6) is 5.75 Å². The maximum absolute atomic E-state index is 13.1. The van der Waals surface area contributed by atoms with Gasteiger partial charge in [-0.05, 0) is 39.0 Å². The summed E-state index contributed by atoms with van der Waals surface area (Å²) in [6, 6.07) is 17.0. The van der Waals surface area contributed by atoms with Gasteiger partial charge >= 0.3 is 0 Å². The fourth-order valence-electron chi connectivity index (χ4n) is 2.97. The Bertz CT molecular complexity index is 1040. The molecule has 0 aliphatic rings. The highest BCUT2D eigenvalue weighted by Crippen LogP contribution is 2.27. The van der Waals surface area contributed by atoms with Crippen LogP contribution in [0.2, 0.25) is 0 Å². The molecule has 0 fully saturated rings. The second-order valence-electron chi connectivity index (χ2n) is 6.37. The number of allylic oxidation sites excluding steroid dienone is 1. The van der Waals surface area contributed by atoms with Crippen molar-refractivity contribution in [3.05, 3.63) is 70.9 Å². The van der Waals surface area contributed by atoms with E-state index in [0.29, 0.717) is 16.9 Å². The summed E-state index contributed by atoms with van der Waals surface area (Å²) in [5, 5.41) is 10.4. The first kappa shape index (κ1) is 17.5. The zero-order valence-electron chi connectivity index (χ0n) is 15.0. The number of rotatable bonds is 5. The Labute approximate surface area is 152 Å². The van der Waals surface area contributed by atoms with Gasteiger partial charge in [-0.1, -0.05) is 36.4 Å². The predicted molar refractivity (Wildman–Crippen MR) is 103 cm³/mol. The Hall–Kier alpha value is -3.32. The Kier molecular flexibility index (Phi) is 4.90. The molecule has 3 aromatic rings. The molecule has 3 rings (SSSR count). The number of benzene rings is 2. The van der Waals surface area contributed by atoms with Crippen LogP contribution in [0.15, 0.2) is 54.1 Å². The van der Waals surface area contributed by atoms with Crippen LogP contribution in [0.25, 0.3) is 17.0 Å². The number of carbonyl (C=O) groups excluding carboxylic acids is 1. The first-order valence-corrected chi connectivity index (χ1v) is 8.50. The number of fused-ring (bicyclic) bond motifs is 1. The summed E-state index contributed by atoms with van der Waals surface area (Å²) in [7, 11) is 0. The van der Waals surface area contributed by atoms with Crippen molar-refractivity contribution in [3.8, 4) is 11.8 Å². The van der Waals surface area contributed by atoms with E-state index in [-0.39, 0.29) is 17.5 Å². The summed E-state index contributed by atoms with van der Waals surface area (Å²) in [6.07, 6.45) is 1.60. The number of aromatic amines is 1. The number of nitriles is 1. The van der Waals surface area contributed by atoms with Crippen LogP contribution in [0.1, 0.15) is 35.5 Å². The molecule has 1 heterocycles. The molecule has 0 aliphatic carbocycles. The number of ketones is 1. The molecule has 0 saturated heterocycles. The topological polar surface area (TPSA) is 65.9 Å². The first-order chi connectivity index (χ1) is 12.5. The highest BCUT2D eigenvalue weighted by Gasteiger charge is 2.20. The average molecular weight is 344 g/mol. The summed E-state index contributed by atoms with van der Waals surface area (Å²) < 4.78 is 5.78. The second-order valence-corrected chi connectivity index (χ2v) is 6.37. The molecule has 4 heteroatoms. The van der Waals surface area contributed by atoms with Gasteiger partial charge in [0, 0.05) is 22.2 Å². The van der Waals surface area contributed by atoms with Gasteiger partial charge in [0.2, 0.25) is 5.78 Å². The number of para-hydroxylation sites is 2. The lowest BCUT2D eigenvalue weighted by Crippen LogP contribution is -2.07. The molecular weight excluding hydrogens is 324 g/mol. The van der Waals surface area contributed by atoms with Crippen LogP contribution < -0.4 is 4.74 Å². The molecule has 0 saturated carbocycles. The zero-order valence-corrected chi connectivity index (χ0v) is 15.0. The Morgan fingerprint density at radius 1 is 1.15 bits per heavy atom. The number of carbonyl (C=O) groups is 1. The molecule has 0 aliphatic heterocycles. The molecule has 0 atom stereocenters. The lowest BCUT2D eigenvalue weighted by molar-refractivity contribution is 0.104. The maximum Gasteiger partial charge on any atom is 0.205 e. The highest BCUT2D eigenvalue weighted by molar-refractivity contribution is 6.20. The molecule has 4 nitrogen and oxygen atoms in total. The molecule has 1 N–H and O–H groups in total. The van der Waals surface area contributed by atoms with E-state index in [1.165, 1.54) is 0 Å². The van der Waals surface area contributed by atoms with Gasteiger partial charge in [-0.2, -0.15) is 5.26 Å². The van der Waals surface area contributed by atoms with Crippen molar-refractivity contribution in [3.63, 3.8) is 0 Å². The summed E-state index contributed by atoms with van der Waals surface area (Å²) in [5.74, 6) is 0.362. The van der Waals surface area contributed by atoms with Crippen LogP contribution in [0, 0.1) is 18.3 Å². The molecule has 0 unspecified atom stereocenters. The number of nitrogens with zero attached hydrogens (tertiary/aromatic N) is 1. The number of hydrogen-bond acceptors (Lipinski definition) is 3. The van der Waals surface area contributed by atoms with Crippen LogP contribution in [-0.2, 0) is 0 Å². The van der Waals surface area contributed by atoms with E-state index in [9.17, 15) is 10.1 Å². The van der Waals surface area contributed by atoms with Gasteiger partial charge < -0.3 is 9.72 Å². The van der Waals surface area contributed by atoms with Gasteiger partial charge in [-0.15, -0.1) is 0 Å². The van der Waals surface area contributed by atoms with Crippen molar-refractivity contribution in [1.29, 1.82) is 5.26 Å². The first-order valence-electron chi connectivity index (χ1n) is 8.50. The third-order valence-corrected chi connectivity index (χ3v) is 4.07. The quantitative estimate of drug-likeness (QED) is 0.400. The molecule has 0 radical (unpaired) electrons. The Balaban J connectivity index is 2.07. The SMILES string of the molecule is Cc1[nH]c2ccccc2c1C(=O)/C(C#N)=C/c1ccccc1OC(C)C. The maximum atomic E-state index is 13.1. The highest BCUT2D eigenvalue weighted by atomic mass is 16.5. The fourth-order valence-corrected chi connectivity index (χ4v) is 2.97. The minimum Gasteiger partial charge on any atom is -0.490 e.